The van der Waals surface area contributed by atoms with Gasteiger partial charge < -0.3 is 11.1 Å². The van der Waals surface area contributed by atoms with Crippen LogP contribution in [-0.2, 0) is 9.84 Å². The summed E-state index contributed by atoms with van der Waals surface area (Å²) in [5, 5.41) is 2.17. The Morgan fingerprint density at radius 2 is 1.91 bits per heavy atom. The molecule has 22 heavy (non-hydrogen) atoms. The number of hydrogen-bond acceptors (Lipinski definition) is 4. The van der Waals surface area contributed by atoms with Crippen molar-refractivity contribution in [2.24, 2.45) is 11.7 Å². The SMILES string of the molecule is CC(C)S(=O)(=O)c1ccccc1C(=O)NCC(N)C1CC1.Cl. The first kappa shape index (κ1) is 18.9. The fraction of sp³-hybridized carbons (Fsp3) is 0.533. The van der Waals surface area contributed by atoms with Gasteiger partial charge in [0.25, 0.3) is 5.91 Å². The van der Waals surface area contributed by atoms with E-state index in [1.165, 1.54) is 12.1 Å². The lowest BCUT2D eigenvalue weighted by Gasteiger charge is -2.15. The summed E-state index contributed by atoms with van der Waals surface area (Å²) in [6, 6.07) is 6.25. The van der Waals surface area contributed by atoms with Crippen LogP contribution in [-0.4, -0.2) is 32.2 Å². The smallest absolute Gasteiger partial charge is 0.252 e. The number of hydrogen-bond donors (Lipinski definition) is 2. The highest BCUT2D eigenvalue weighted by molar-refractivity contribution is 7.92. The molecule has 0 heterocycles. The molecule has 1 saturated carbocycles. The summed E-state index contributed by atoms with van der Waals surface area (Å²) in [6.45, 7) is 3.58. The van der Waals surface area contributed by atoms with Crippen LogP contribution in [0.2, 0.25) is 0 Å². The Hall–Kier alpha value is -1.11. The fourth-order valence-electron chi connectivity index (χ4n) is 2.15. The predicted molar refractivity (Wildman–Crippen MR) is 89.0 cm³/mol. The molecule has 1 unspecified atom stereocenters. The third kappa shape index (κ3) is 4.21. The number of nitrogens with two attached hydrogens (primary N) is 1. The normalized spacial score (nSPS) is 16.0. The first-order valence-corrected chi connectivity index (χ1v) is 8.75. The molecular formula is C15H23ClN2O3S. The van der Waals surface area contributed by atoms with Crippen molar-refractivity contribution in [3.8, 4) is 0 Å². The number of sulfone groups is 1. The number of benzene rings is 1. The second-order valence-corrected chi connectivity index (χ2v) is 8.27. The van der Waals surface area contributed by atoms with Crippen LogP contribution in [0.5, 0.6) is 0 Å². The molecule has 1 aliphatic carbocycles. The summed E-state index contributed by atoms with van der Waals surface area (Å²) in [5.41, 5.74) is 6.13. The predicted octanol–water partition coefficient (Wildman–Crippen LogP) is 1.76. The molecule has 0 bridgehead atoms. The third-order valence-corrected chi connectivity index (χ3v) is 5.99. The largest absolute Gasteiger partial charge is 0.350 e. The molecule has 1 atom stereocenters. The van der Waals surface area contributed by atoms with E-state index in [1.54, 1.807) is 26.0 Å². The lowest BCUT2D eigenvalue weighted by atomic mass is 10.2. The van der Waals surface area contributed by atoms with E-state index in [-0.39, 0.29) is 34.8 Å². The lowest BCUT2D eigenvalue weighted by Crippen LogP contribution is -2.39. The Labute approximate surface area is 138 Å². The fourth-order valence-corrected chi connectivity index (χ4v) is 3.40. The Kier molecular flexibility index (Phi) is 6.40. The Morgan fingerprint density at radius 3 is 2.45 bits per heavy atom. The van der Waals surface area contributed by atoms with Gasteiger partial charge in [-0.2, -0.15) is 0 Å². The topological polar surface area (TPSA) is 89.3 Å². The zero-order valence-electron chi connectivity index (χ0n) is 12.8. The van der Waals surface area contributed by atoms with E-state index in [0.717, 1.165) is 12.8 Å². The molecule has 0 aromatic heterocycles. The van der Waals surface area contributed by atoms with E-state index in [2.05, 4.69) is 5.32 Å². The van der Waals surface area contributed by atoms with E-state index in [0.29, 0.717) is 12.5 Å². The van der Waals surface area contributed by atoms with Crippen molar-refractivity contribution in [1.82, 2.24) is 5.32 Å². The van der Waals surface area contributed by atoms with Crippen molar-refractivity contribution in [1.29, 1.82) is 0 Å². The molecule has 2 rings (SSSR count). The van der Waals surface area contributed by atoms with Gasteiger partial charge in [-0.05, 0) is 44.7 Å². The second-order valence-electron chi connectivity index (χ2n) is 5.80. The molecule has 1 fully saturated rings. The number of amides is 1. The highest BCUT2D eigenvalue weighted by Gasteiger charge is 2.29. The maximum absolute atomic E-state index is 12.3. The molecule has 1 aliphatic rings. The van der Waals surface area contributed by atoms with Crippen molar-refractivity contribution >= 4 is 28.2 Å². The van der Waals surface area contributed by atoms with E-state index in [1.807, 2.05) is 0 Å². The van der Waals surface area contributed by atoms with Crippen LogP contribution < -0.4 is 11.1 Å². The summed E-state index contributed by atoms with van der Waals surface area (Å²) >= 11 is 0. The highest BCUT2D eigenvalue weighted by Crippen LogP contribution is 2.31. The van der Waals surface area contributed by atoms with E-state index >= 15 is 0 Å². The van der Waals surface area contributed by atoms with Gasteiger partial charge in [0.2, 0.25) is 0 Å². The molecular weight excluding hydrogens is 324 g/mol. The van der Waals surface area contributed by atoms with Crippen LogP contribution in [0.3, 0.4) is 0 Å². The van der Waals surface area contributed by atoms with Crippen LogP contribution in [0.15, 0.2) is 29.2 Å². The second kappa shape index (κ2) is 7.44. The van der Waals surface area contributed by atoms with Gasteiger partial charge in [-0.15, -0.1) is 12.4 Å². The van der Waals surface area contributed by atoms with Gasteiger partial charge in [-0.25, -0.2) is 8.42 Å². The van der Waals surface area contributed by atoms with E-state index in [9.17, 15) is 13.2 Å². The minimum absolute atomic E-state index is 0. The molecule has 1 aromatic rings. The summed E-state index contributed by atoms with van der Waals surface area (Å²) < 4.78 is 24.6. The van der Waals surface area contributed by atoms with Crippen LogP contribution in [0.1, 0.15) is 37.0 Å². The van der Waals surface area contributed by atoms with Gasteiger partial charge >= 0.3 is 0 Å². The quantitative estimate of drug-likeness (QED) is 0.821. The first-order chi connectivity index (χ1) is 9.84. The van der Waals surface area contributed by atoms with Crippen LogP contribution >= 0.6 is 12.4 Å². The van der Waals surface area contributed by atoms with Crippen molar-refractivity contribution in [2.45, 2.75) is 42.9 Å². The summed E-state index contributed by atoms with van der Waals surface area (Å²) in [6.07, 6.45) is 2.21. The summed E-state index contributed by atoms with van der Waals surface area (Å²) in [5.74, 6) is 0.103. The molecule has 5 nitrogen and oxygen atoms in total. The average molecular weight is 347 g/mol. The standard InChI is InChI=1S/C15H22N2O3S.ClH/c1-10(2)21(19,20)14-6-4-3-5-12(14)15(18)17-9-13(16)11-7-8-11;/h3-6,10-11,13H,7-9,16H2,1-2H3,(H,17,18);1H. The summed E-state index contributed by atoms with van der Waals surface area (Å²) in [7, 11) is -3.49. The number of carbonyl (C=O) groups excluding carboxylic acids is 1. The number of halogens is 1. The molecule has 124 valence electrons. The highest BCUT2D eigenvalue weighted by atomic mass is 35.5. The van der Waals surface area contributed by atoms with Crippen LogP contribution in [0, 0.1) is 5.92 Å². The Morgan fingerprint density at radius 1 is 1.32 bits per heavy atom. The number of rotatable bonds is 6. The zero-order chi connectivity index (χ0) is 15.6. The molecule has 1 aromatic carbocycles. The molecule has 3 N–H and O–H groups in total. The Balaban J connectivity index is 0.00000242. The van der Waals surface area contributed by atoms with Gasteiger partial charge in [-0.1, -0.05) is 12.1 Å². The van der Waals surface area contributed by atoms with Crippen molar-refractivity contribution < 1.29 is 13.2 Å². The minimum Gasteiger partial charge on any atom is -0.350 e. The van der Waals surface area contributed by atoms with Gasteiger partial charge in [0.1, 0.15) is 0 Å². The lowest BCUT2D eigenvalue weighted by molar-refractivity contribution is 0.0947. The van der Waals surface area contributed by atoms with Crippen LogP contribution in [0.4, 0.5) is 0 Å². The zero-order valence-corrected chi connectivity index (χ0v) is 14.4. The maximum atomic E-state index is 12.3. The molecule has 7 heteroatoms. The molecule has 1 amide bonds. The van der Waals surface area contributed by atoms with E-state index in [4.69, 9.17) is 5.73 Å². The van der Waals surface area contributed by atoms with Crippen molar-refractivity contribution in [3.63, 3.8) is 0 Å². The van der Waals surface area contributed by atoms with Gasteiger partial charge in [0.05, 0.1) is 15.7 Å². The van der Waals surface area contributed by atoms with E-state index < -0.39 is 15.1 Å². The molecule has 0 aliphatic heterocycles. The minimum atomic E-state index is -3.49. The third-order valence-electron chi connectivity index (χ3n) is 3.78. The number of nitrogens with one attached hydrogen (secondary N) is 1. The molecule has 0 spiro atoms. The monoisotopic (exact) mass is 346 g/mol. The van der Waals surface area contributed by atoms with Gasteiger partial charge in [-0.3, -0.25) is 4.79 Å². The summed E-state index contributed by atoms with van der Waals surface area (Å²) in [4.78, 5) is 12.3. The average Bonchev–Trinajstić information content (AvgIpc) is 3.28. The van der Waals surface area contributed by atoms with Crippen molar-refractivity contribution in [3.05, 3.63) is 29.8 Å². The number of carbonyl (C=O) groups is 1. The molecule has 0 radical (unpaired) electrons. The van der Waals surface area contributed by atoms with Crippen molar-refractivity contribution in [2.75, 3.05) is 6.54 Å². The van der Waals surface area contributed by atoms with Gasteiger partial charge in [0.15, 0.2) is 9.84 Å². The Bertz CT molecular complexity index is 627. The maximum Gasteiger partial charge on any atom is 0.252 e. The van der Waals surface area contributed by atoms with Gasteiger partial charge in [0, 0.05) is 12.6 Å². The first-order valence-electron chi connectivity index (χ1n) is 7.20. The molecule has 0 saturated heterocycles. The van der Waals surface area contributed by atoms with Crippen LogP contribution in [0.25, 0.3) is 0 Å².